The number of hydrogen-bond acceptors (Lipinski definition) is 4. The van der Waals surface area contributed by atoms with Gasteiger partial charge in [-0.1, -0.05) is 6.07 Å². The fourth-order valence-corrected chi connectivity index (χ4v) is 1.25. The van der Waals surface area contributed by atoms with Crippen LogP contribution in [0.3, 0.4) is 0 Å². The lowest BCUT2D eigenvalue weighted by molar-refractivity contribution is -0.0914. The lowest BCUT2D eigenvalue weighted by atomic mass is 10.2. The first-order valence-electron chi connectivity index (χ1n) is 4.86. The van der Waals surface area contributed by atoms with Gasteiger partial charge < -0.3 is 20.5 Å². The number of benzene rings is 1. The minimum Gasteiger partial charge on any atom is -0.380 e. The first kappa shape index (κ1) is 12.5. The van der Waals surface area contributed by atoms with E-state index in [2.05, 4.69) is 5.32 Å². The first-order chi connectivity index (χ1) is 7.67. The van der Waals surface area contributed by atoms with Gasteiger partial charge in [0.2, 0.25) is 5.91 Å². The molecule has 0 heterocycles. The van der Waals surface area contributed by atoms with Crippen LogP contribution < -0.4 is 11.1 Å². The third-order valence-electron chi connectivity index (χ3n) is 2.15. The fraction of sp³-hybridized carbons (Fsp3) is 0.364. The smallest absolute Gasteiger partial charge is 0.248 e. The van der Waals surface area contributed by atoms with Gasteiger partial charge in [-0.3, -0.25) is 4.79 Å². The number of rotatable bonds is 6. The first-order valence-corrected chi connectivity index (χ1v) is 4.86. The Bertz CT molecular complexity index is 351. The highest BCUT2D eigenvalue weighted by molar-refractivity contribution is 5.93. The average Bonchev–Trinajstić information content (AvgIpc) is 2.31. The van der Waals surface area contributed by atoms with Crippen LogP contribution in [0.1, 0.15) is 10.4 Å². The molecular formula is C11H16N2O3. The molecule has 3 N–H and O–H groups in total. The molecular weight excluding hydrogens is 208 g/mol. The second-order valence-electron chi connectivity index (χ2n) is 3.23. The molecule has 0 unspecified atom stereocenters. The van der Waals surface area contributed by atoms with E-state index in [4.69, 9.17) is 15.2 Å². The highest BCUT2D eigenvalue weighted by atomic mass is 16.7. The number of nitrogens with one attached hydrogen (secondary N) is 1. The van der Waals surface area contributed by atoms with Crippen molar-refractivity contribution in [2.24, 2.45) is 5.73 Å². The summed E-state index contributed by atoms with van der Waals surface area (Å²) in [7, 11) is 3.13. The van der Waals surface area contributed by atoms with E-state index < -0.39 is 5.91 Å². The Labute approximate surface area is 94.5 Å². The summed E-state index contributed by atoms with van der Waals surface area (Å²) in [5, 5.41) is 3.08. The minimum absolute atomic E-state index is 0.322. The molecule has 0 saturated carbocycles. The van der Waals surface area contributed by atoms with Crippen molar-refractivity contribution in [3.05, 3.63) is 29.8 Å². The molecule has 0 atom stereocenters. The van der Waals surface area contributed by atoms with Crippen LogP contribution >= 0.6 is 0 Å². The summed E-state index contributed by atoms with van der Waals surface area (Å²) in [6.45, 7) is 0.495. The van der Waals surface area contributed by atoms with E-state index in [0.29, 0.717) is 12.1 Å². The van der Waals surface area contributed by atoms with E-state index in [1.165, 1.54) is 0 Å². The second-order valence-corrected chi connectivity index (χ2v) is 3.23. The highest BCUT2D eigenvalue weighted by Crippen LogP contribution is 2.10. The van der Waals surface area contributed by atoms with Gasteiger partial charge in [-0.05, 0) is 18.2 Å². The maximum atomic E-state index is 10.9. The van der Waals surface area contributed by atoms with Gasteiger partial charge in [-0.25, -0.2) is 0 Å². The third-order valence-corrected chi connectivity index (χ3v) is 2.15. The SMILES string of the molecule is COC(CNc1cccc(C(N)=O)c1)OC. The van der Waals surface area contributed by atoms with E-state index in [0.717, 1.165) is 5.69 Å². The van der Waals surface area contributed by atoms with Gasteiger partial charge in [-0.2, -0.15) is 0 Å². The summed E-state index contributed by atoms with van der Waals surface area (Å²) >= 11 is 0. The molecule has 0 fully saturated rings. The Morgan fingerprint density at radius 2 is 2.12 bits per heavy atom. The highest BCUT2D eigenvalue weighted by Gasteiger charge is 2.05. The van der Waals surface area contributed by atoms with E-state index >= 15 is 0 Å². The van der Waals surface area contributed by atoms with Crippen molar-refractivity contribution in [1.29, 1.82) is 0 Å². The topological polar surface area (TPSA) is 73.6 Å². The lowest BCUT2D eigenvalue weighted by Crippen LogP contribution is -2.23. The summed E-state index contributed by atoms with van der Waals surface area (Å²) < 4.78 is 10.0. The molecule has 1 amide bonds. The Hall–Kier alpha value is -1.59. The zero-order valence-corrected chi connectivity index (χ0v) is 9.40. The number of amides is 1. The van der Waals surface area contributed by atoms with Gasteiger partial charge in [0, 0.05) is 25.5 Å². The standard InChI is InChI=1S/C11H16N2O3/c1-15-10(16-2)7-13-9-5-3-4-8(6-9)11(12)14/h3-6,10,13H,7H2,1-2H3,(H2,12,14). The summed E-state index contributed by atoms with van der Waals surface area (Å²) in [4.78, 5) is 10.9. The zero-order chi connectivity index (χ0) is 12.0. The molecule has 0 saturated heterocycles. The van der Waals surface area contributed by atoms with Crippen LogP contribution in [0.15, 0.2) is 24.3 Å². The van der Waals surface area contributed by atoms with Gasteiger partial charge in [0.25, 0.3) is 0 Å². The molecule has 88 valence electrons. The lowest BCUT2D eigenvalue weighted by Gasteiger charge is -2.15. The van der Waals surface area contributed by atoms with E-state index in [-0.39, 0.29) is 6.29 Å². The summed E-state index contributed by atoms with van der Waals surface area (Å²) in [6, 6.07) is 6.95. The van der Waals surface area contributed by atoms with Crippen LogP contribution in [0.4, 0.5) is 5.69 Å². The average molecular weight is 224 g/mol. The van der Waals surface area contributed by atoms with Gasteiger partial charge in [0.1, 0.15) is 0 Å². The van der Waals surface area contributed by atoms with Crippen molar-refractivity contribution in [1.82, 2.24) is 0 Å². The van der Waals surface area contributed by atoms with Crippen LogP contribution in [0, 0.1) is 0 Å². The number of primary amides is 1. The number of carbonyl (C=O) groups excluding carboxylic acids is 1. The van der Waals surface area contributed by atoms with Gasteiger partial charge in [-0.15, -0.1) is 0 Å². The third kappa shape index (κ3) is 3.52. The van der Waals surface area contributed by atoms with E-state index in [9.17, 15) is 4.79 Å². The second kappa shape index (κ2) is 6.09. The van der Waals surface area contributed by atoms with Crippen molar-refractivity contribution in [2.45, 2.75) is 6.29 Å². The van der Waals surface area contributed by atoms with Crippen LogP contribution in [-0.4, -0.2) is 33.0 Å². The van der Waals surface area contributed by atoms with Crippen molar-refractivity contribution in [3.63, 3.8) is 0 Å². The van der Waals surface area contributed by atoms with Crippen LogP contribution in [0.2, 0.25) is 0 Å². The van der Waals surface area contributed by atoms with Crippen molar-refractivity contribution >= 4 is 11.6 Å². The van der Waals surface area contributed by atoms with Crippen molar-refractivity contribution < 1.29 is 14.3 Å². The van der Waals surface area contributed by atoms with Crippen molar-refractivity contribution in [3.8, 4) is 0 Å². The molecule has 5 heteroatoms. The number of nitrogens with two attached hydrogens (primary N) is 1. The summed E-state index contributed by atoms with van der Waals surface area (Å²) in [6.07, 6.45) is -0.322. The predicted octanol–water partition coefficient (Wildman–Crippen LogP) is 0.816. The molecule has 0 aliphatic rings. The Morgan fingerprint density at radius 1 is 1.44 bits per heavy atom. The Balaban J connectivity index is 2.60. The largest absolute Gasteiger partial charge is 0.380 e. The molecule has 5 nitrogen and oxygen atoms in total. The fourth-order valence-electron chi connectivity index (χ4n) is 1.25. The van der Waals surface area contributed by atoms with Crippen LogP contribution in [-0.2, 0) is 9.47 Å². The molecule has 16 heavy (non-hydrogen) atoms. The quantitative estimate of drug-likeness (QED) is 0.701. The van der Waals surface area contributed by atoms with Gasteiger partial charge >= 0.3 is 0 Å². The summed E-state index contributed by atoms with van der Waals surface area (Å²) in [5.74, 6) is -0.446. The molecule has 1 rings (SSSR count). The molecule has 0 aromatic heterocycles. The predicted molar refractivity (Wildman–Crippen MR) is 61.3 cm³/mol. The van der Waals surface area contributed by atoms with Gasteiger partial charge in [0.15, 0.2) is 6.29 Å². The zero-order valence-electron chi connectivity index (χ0n) is 9.40. The maximum absolute atomic E-state index is 10.9. The van der Waals surface area contributed by atoms with Gasteiger partial charge in [0.05, 0.1) is 6.54 Å². The molecule has 0 aliphatic heterocycles. The number of methoxy groups -OCH3 is 2. The number of hydrogen-bond donors (Lipinski definition) is 2. The maximum Gasteiger partial charge on any atom is 0.248 e. The Kier molecular flexibility index (Phi) is 4.75. The van der Waals surface area contributed by atoms with Crippen LogP contribution in [0.5, 0.6) is 0 Å². The molecule has 0 bridgehead atoms. The molecule has 1 aromatic carbocycles. The number of anilines is 1. The summed E-state index contributed by atoms with van der Waals surface area (Å²) in [5.41, 5.74) is 6.45. The minimum atomic E-state index is -0.446. The van der Waals surface area contributed by atoms with Crippen LogP contribution in [0.25, 0.3) is 0 Å². The van der Waals surface area contributed by atoms with E-state index in [1.807, 2.05) is 6.07 Å². The molecule has 1 aromatic rings. The monoisotopic (exact) mass is 224 g/mol. The van der Waals surface area contributed by atoms with E-state index in [1.54, 1.807) is 32.4 Å². The number of carbonyl (C=O) groups is 1. The molecule has 0 spiro atoms. The van der Waals surface area contributed by atoms with Crippen molar-refractivity contribution in [2.75, 3.05) is 26.1 Å². The normalized spacial score (nSPS) is 10.4. The Morgan fingerprint density at radius 3 is 2.69 bits per heavy atom. The molecule has 0 aliphatic carbocycles. The number of ether oxygens (including phenoxy) is 2. The molecule has 0 radical (unpaired) electrons.